The lowest BCUT2D eigenvalue weighted by Gasteiger charge is -2.12. The molecule has 0 unspecified atom stereocenters. The summed E-state index contributed by atoms with van der Waals surface area (Å²) in [5.74, 6) is -0.794. The Balaban J connectivity index is 2.62. The fraction of sp³-hybridized carbons (Fsp3) is 0.364. The van der Waals surface area contributed by atoms with E-state index in [0.717, 1.165) is 12.1 Å². The molecule has 1 aromatic carbocycles. The quantitative estimate of drug-likeness (QED) is 0.648. The van der Waals surface area contributed by atoms with Crippen LogP contribution in [0.15, 0.2) is 18.2 Å². The van der Waals surface area contributed by atoms with Gasteiger partial charge in [0.25, 0.3) is 6.43 Å². The second-order valence-electron chi connectivity index (χ2n) is 3.75. The van der Waals surface area contributed by atoms with Crippen LogP contribution in [-0.4, -0.2) is 25.5 Å². The second-order valence-corrected chi connectivity index (χ2v) is 3.75. The topological polar surface area (TPSA) is 64.3 Å². The van der Waals surface area contributed by atoms with Crippen LogP contribution in [0.1, 0.15) is 5.56 Å². The summed E-state index contributed by atoms with van der Waals surface area (Å²) in [6.45, 7) is -1.55. The lowest BCUT2D eigenvalue weighted by atomic mass is 10.1. The lowest BCUT2D eigenvalue weighted by Crippen LogP contribution is -2.21. The summed E-state index contributed by atoms with van der Waals surface area (Å²) in [6.07, 6.45) is -7.25. The van der Waals surface area contributed by atoms with Crippen molar-refractivity contribution in [3.63, 3.8) is 0 Å². The van der Waals surface area contributed by atoms with Crippen molar-refractivity contribution in [2.24, 2.45) is 0 Å². The molecule has 0 atom stereocenters. The van der Waals surface area contributed by atoms with E-state index in [0.29, 0.717) is 6.07 Å². The number of nitrogens with two attached hydrogens (primary N) is 1. The van der Waals surface area contributed by atoms with Gasteiger partial charge in [-0.2, -0.15) is 13.2 Å². The highest BCUT2D eigenvalue weighted by atomic mass is 19.4. The SMILES string of the molecule is Nc1cc(C(F)(F)F)ccc1NC(=O)COCC(F)F. The first-order valence-corrected chi connectivity index (χ1v) is 5.32. The molecule has 0 bridgehead atoms. The molecule has 1 aromatic rings. The predicted molar refractivity (Wildman–Crippen MR) is 61.3 cm³/mol. The lowest BCUT2D eigenvalue weighted by molar-refractivity contribution is -0.137. The van der Waals surface area contributed by atoms with Gasteiger partial charge in [0, 0.05) is 0 Å². The van der Waals surface area contributed by atoms with Crippen LogP contribution in [-0.2, 0) is 15.7 Å². The number of ether oxygens (including phenoxy) is 1. The normalized spacial score (nSPS) is 11.7. The van der Waals surface area contributed by atoms with Gasteiger partial charge < -0.3 is 15.8 Å². The number of nitrogen functional groups attached to an aromatic ring is 1. The zero-order chi connectivity index (χ0) is 15.3. The molecule has 4 nitrogen and oxygen atoms in total. The number of carbonyl (C=O) groups excluding carboxylic acids is 1. The Bertz CT molecular complexity index is 476. The largest absolute Gasteiger partial charge is 0.416 e. The molecule has 1 amide bonds. The molecule has 0 heterocycles. The van der Waals surface area contributed by atoms with Crippen LogP contribution in [0, 0.1) is 0 Å². The van der Waals surface area contributed by atoms with E-state index in [1.807, 2.05) is 0 Å². The molecule has 0 aliphatic carbocycles. The third-order valence-electron chi connectivity index (χ3n) is 2.13. The molecule has 20 heavy (non-hydrogen) atoms. The van der Waals surface area contributed by atoms with Crippen LogP contribution < -0.4 is 11.1 Å². The molecule has 9 heteroatoms. The van der Waals surface area contributed by atoms with E-state index < -0.39 is 37.3 Å². The maximum atomic E-state index is 12.4. The molecule has 0 fully saturated rings. The van der Waals surface area contributed by atoms with Gasteiger partial charge in [0.2, 0.25) is 5.91 Å². The van der Waals surface area contributed by atoms with Crippen molar-refractivity contribution in [2.45, 2.75) is 12.6 Å². The highest BCUT2D eigenvalue weighted by Gasteiger charge is 2.30. The third-order valence-corrected chi connectivity index (χ3v) is 2.13. The minimum Gasteiger partial charge on any atom is -0.397 e. The Hall–Kier alpha value is -1.90. The van der Waals surface area contributed by atoms with E-state index in [1.165, 1.54) is 0 Å². The molecule has 0 radical (unpaired) electrons. The first-order chi connectivity index (χ1) is 9.20. The number of anilines is 2. The van der Waals surface area contributed by atoms with Crippen LogP contribution in [0.5, 0.6) is 0 Å². The minimum atomic E-state index is -4.54. The van der Waals surface area contributed by atoms with Gasteiger partial charge in [-0.05, 0) is 18.2 Å². The monoisotopic (exact) mass is 298 g/mol. The molecule has 0 aliphatic rings. The number of alkyl halides is 5. The zero-order valence-electron chi connectivity index (χ0n) is 10.0. The summed E-state index contributed by atoms with van der Waals surface area (Å²) in [7, 11) is 0. The number of hydrogen-bond donors (Lipinski definition) is 2. The summed E-state index contributed by atoms with van der Waals surface area (Å²) in [5.41, 5.74) is 4.07. The van der Waals surface area contributed by atoms with Crippen LogP contribution >= 0.6 is 0 Å². The first kappa shape index (κ1) is 16.2. The average Bonchev–Trinajstić information content (AvgIpc) is 2.29. The summed E-state index contributed by atoms with van der Waals surface area (Å²) in [5, 5.41) is 2.16. The Morgan fingerprint density at radius 1 is 1.35 bits per heavy atom. The molecule has 0 spiro atoms. The van der Waals surface area contributed by atoms with Crippen molar-refractivity contribution in [2.75, 3.05) is 24.3 Å². The number of nitrogens with one attached hydrogen (secondary N) is 1. The number of amides is 1. The molecule has 0 aromatic heterocycles. The Kier molecular flexibility index (Phi) is 5.26. The number of hydrogen-bond acceptors (Lipinski definition) is 3. The van der Waals surface area contributed by atoms with Gasteiger partial charge in [0.15, 0.2) is 0 Å². The maximum Gasteiger partial charge on any atom is 0.416 e. The van der Waals surface area contributed by atoms with Crippen molar-refractivity contribution >= 4 is 17.3 Å². The summed E-state index contributed by atoms with van der Waals surface area (Å²) in [6, 6.07) is 2.38. The van der Waals surface area contributed by atoms with E-state index >= 15 is 0 Å². The molecule has 1 rings (SSSR count). The smallest absolute Gasteiger partial charge is 0.397 e. The van der Waals surface area contributed by atoms with Gasteiger partial charge in [-0.25, -0.2) is 8.78 Å². The Labute approximate surface area is 110 Å². The first-order valence-electron chi connectivity index (χ1n) is 5.32. The van der Waals surface area contributed by atoms with Gasteiger partial charge in [-0.15, -0.1) is 0 Å². The van der Waals surface area contributed by atoms with Crippen LogP contribution in [0.4, 0.5) is 33.3 Å². The van der Waals surface area contributed by atoms with Gasteiger partial charge in [0.05, 0.1) is 16.9 Å². The van der Waals surface area contributed by atoms with Crippen LogP contribution in [0.25, 0.3) is 0 Å². The Morgan fingerprint density at radius 2 is 2.00 bits per heavy atom. The molecular formula is C11H11F5N2O2. The standard InChI is InChI=1S/C11H11F5N2O2/c12-9(13)4-20-5-10(19)18-8-2-1-6(3-7(8)17)11(14,15)16/h1-3,9H,4-5,17H2,(H,18,19). The van der Waals surface area contributed by atoms with Gasteiger partial charge in [-0.3, -0.25) is 4.79 Å². The summed E-state index contributed by atoms with van der Waals surface area (Å²) >= 11 is 0. The average molecular weight is 298 g/mol. The molecule has 112 valence electrons. The molecule has 0 saturated heterocycles. The van der Waals surface area contributed by atoms with Crippen molar-refractivity contribution in [1.82, 2.24) is 0 Å². The molecule has 3 N–H and O–H groups in total. The molecule has 0 aliphatic heterocycles. The van der Waals surface area contributed by atoms with Crippen molar-refractivity contribution < 1.29 is 31.5 Å². The van der Waals surface area contributed by atoms with E-state index in [4.69, 9.17) is 5.73 Å². The van der Waals surface area contributed by atoms with Crippen molar-refractivity contribution in [3.8, 4) is 0 Å². The van der Waals surface area contributed by atoms with Crippen LogP contribution in [0.3, 0.4) is 0 Å². The van der Waals surface area contributed by atoms with E-state index in [2.05, 4.69) is 10.1 Å². The number of carbonyl (C=O) groups is 1. The van der Waals surface area contributed by atoms with E-state index in [9.17, 15) is 26.7 Å². The van der Waals surface area contributed by atoms with Gasteiger partial charge >= 0.3 is 6.18 Å². The fourth-order valence-electron chi connectivity index (χ4n) is 1.28. The summed E-state index contributed by atoms with van der Waals surface area (Å²) in [4.78, 5) is 11.3. The van der Waals surface area contributed by atoms with Gasteiger partial charge in [-0.1, -0.05) is 0 Å². The zero-order valence-corrected chi connectivity index (χ0v) is 10.0. The number of benzene rings is 1. The highest BCUT2D eigenvalue weighted by molar-refractivity contribution is 5.94. The fourth-order valence-corrected chi connectivity index (χ4v) is 1.28. The molecule has 0 saturated carbocycles. The minimum absolute atomic E-state index is 0.0522. The van der Waals surface area contributed by atoms with Gasteiger partial charge in [0.1, 0.15) is 13.2 Å². The second kappa shape index (κ2) is 6.51. The van der Waals surface area contributed by atoms with E-state index in [1.54, 1.807) is 0 Å². The number of rotatable bonds is 5. The highest BCUT2D eigenvalue weighted by Crippen LogP contribution is 2.32. The molecular weight excluding hydrogens is 287 g/mol. The maximum absolute atomic E-state index is 12.4. The van der Waals surface area contributed by atoms with E-state index in [-0.39, 0.29) is 11.4 Å². The van der Waals surface area contributed by atoms with Crippen molar-refractivity contribution in [1.29, 1.82) is 0 Å². The predicted octanol–water partition coefficient (Wildman–Crippen LogP) is 2.51. The van der Waals surface area contributed by atoms with Crippen molar-refractivity contribution in [3.05, 3.63) is 23.8 Å². The third kappa shape index (κ3) is 5.00. The Morgan fingerprint density at radius 3 is 2.50 bits per heavy atom. The summed E-state index contributed by atoms with van der Waals surface area (Å²) < 4.78 is 65.0. The number of halogens is 5. The van der Waals surface area contributed by atoms with Crippen LogP contribution in [0.2, 0.25) is 0 Å².